The first-order chi connectivity index (χ1) is 69.9. The van der Waals surface area contributed by atoms with Crippen molar-refractivity contribution >= 4 is 143 Å². The van der Waals surface area contributed by atoms with Gasteiger partial charge in [-0.05, 0) is 132 Å². The van der Waals surface area contributed by atoms with Crippen molar-refractivity contribution < 1.29 is 121 Å². The molecule has 52 nitrogen and oxygen atoms in total. The summed E-state index contributed by atoms with van der Waals surface area (Å²) in [6, 6.07) is -18.7. The van der Waals surface area contributed by atoms with E-state index in [-0.39, 0.29) is 83.0 Å². The summed E-state index contributed by atoms with van der Waals surface area (Å²) in [6.45, 7) is 23.3. The van der Waals surface area contributed by atoms with Gasteiger partial charge in [0, 0.05) is 51.2 Å². The molecule has 0 spiro atoms. The summed E-state index contributed by atoms with van der Waals surface area (Å²) in [5.41, 5.74) is 21.7. The maximum absolute atomic E-state index is 15.1. The minimum Gasteiger partial charge on any atom is -0.480 e. The molecule has 1 aliphatic heterocycles. The van der Waals surface area contributed by atoms with Crippen molar-refractivity contribution in [2.45, 2.75) is 334 Å². The fraction of sp³-hybridized carbons (Fsp3) is 0.677. The van der Waals surface area contributed by atoms with Crippen molar-refractivity contribution in [3.63, 3.8) is 0 Å². The molecular formula is C96H161N27O25S. The number of benzene rings is 1. The Morgan fingerprint density at radius 3 is 1.37 bits per heavy atom. The van der Waals surface area contributed by atoms with Gasteiger partial charge in [0.25, 0.3) is 0 Å². The average Bonchev–Trinajstić information content (AvgIpc) is 1.71. The average molecular weight is 2130 g/mol. The number of likely N-dealkylation sites (N-methyl/N-ethyl adjacent to an activating group) is 1. The summed E-state index contributed by atoms with van der Waals surface area (Å²) in [6.07, 6.45) is -0.540. The molecule has 0 radical (unpaired) electrons. The minimum absolute atomic E-state index is 0.0202. The second-order valence-electron chi connectivity index (χ2n) is 39.3. The van der Waals surface area contributed by atoms with Crippen LogP contribution in [0.1, 0.15) is 212 Å². The number of carbonyl (C=O) groups excluding carboxylic acids is 20. The number of aliphatic carboxylic acids is 1. The molecule has 0 saturated carbocycles. The number of nitrogens with zero attached hydrogens (tertiary/aromatic N) is 2. The van der Waals surface area contributed by atoms with Crippen LogP contribution in [0.4, 0.5) is 0 Å². The normalized spacial score (nSPS) is 16.8. The molecule has 0 unspecified atom stereocenters. The molecule has 1 aromatic heterocycles. The second-order valence-corrected chi connectivity index (χ2v) is 39.7. The van der Waals surface area contributed by atoms with E-state index in [0.29, 0.717) is 37.8 Å². The molecule has 2 heterocycles. The van der Waals surface area contributed by atoms with Gasteiger partial charge < -0.3 is 154 Å². The molecule has 2 aromatic rings. The molecular weight excluding hydrogens is 1960 g/mol. The molecule has 23 atom stereocenters. The number of aliphatic hydroxyl groups is 3. The zero-order valence-corrected chi connectivity index (χ0v) is 88.9. The van der Waals surface area contributed by atoms with E-state index in [0.717, 1.165) is 11.8 Å². The Morgan fingerprint density at radius 2 is 0.893 bits per heavy atom. The van der Waals surface area contributed by atoms with E-state index in [4.69, 9.17) is 28.3 Å². The van der Waals surface area contributed by atoms with Gasteiger partial charge in [0.2, 0.25) is 118 Å². The molecule has 20 amide bonds. The van der Waals surface area contributed by atoms with Gasteiger partial charge in [-0.1, -0.05) is 140 Å². The number of carboxylic acids is 1. The van der Waals surface area contributed by atoms with Crippen LogP contribution in [0.15, 0.2) is 42.9 Å². The number of aliphatic hydroxyl groups excluding tert-OH is 3. The van der Waals surface area contributed by atoms with Gasteiger partial charge in [0.1, 0.15) is 103 Å². The van der Waals surface area contributed by atoms with Gasteiger partial charge in [-0.15, -0.1) is 0 Å². The predicted octanol–water partition coefficient (Wildman–Crippen LogP) is -7.15. The summed E-state index contributed by atoms with van der Waals surface area (Å²) >= 11 is 4.33. The maximum atomic E-state index is 15.1. The summed E-state index contributed by atoms with van der Waals surface area (Å²) < 4.78 is 0. The molecule has 53 heteroatoms. The van der Waals surface area contributed by atoms with E-state index >= 15 is 9.59 Å². The van der Waals surface area contributed by atoms with Crippen molar-refractivity contribution in [3.05, 3.63) is 54.1 Å². The number of aromatic amines is 1. The van der Waals surface area contributed by atoms with Crippen molar-refractivity contribution in [2.24, 2.45) is 57.9 Å². The van der Waals surface area contributed by atoms with Gasteiger partial charge in [0.15, 0.2) is 5.96 Å². The Morgan fingerprint density at radius 1 is 0.477 bits per heavy atom. The second kappa shape index (κ2) is 64.9. The van der Waals surface area contributed by atoms with Gasteiger partial charge >= 0.3 is 5.97 Å². The zero-order chi connectivity index (χ0) is 113. The van der Waals surface area contributed by atoms with Gasteiger partial charge in [-0.25, -0.2) is 9.78 Å². The minimum atomic E-state index is -1.88. The van der Waals surface area contributed by atoms with Crippen molar-refractivity contribution in [1.29, 1.82) is 5.41 Å². The number of unbranched alkanes of at least 4 members (excludes halogenated alkanes) is 1. The first-order valence-corrected chi connectivity index (χ1v) is 50.9. The highest BCUT2D eigenvalue weighted by Crippen LogP contribution is 2.27. The lowest BCUT2D eigenvalue weighted by molar-refractivity contribution is -0.147. The predicted molar refractivity (Wildman–Crippen MR) is 548 cm³/mol. The van der Waals surface area contributed by atoms with E-state index in [1.165, 1.54) is 33.4 Å². The smallest absolute Gasteiger partial charge is 0.326 e. The molecule has 149 heavy (non-hydrogen) atoms. The zero-order valence-electron chi connectivity index (χ0n) is 88.0. The third-order valence-corrected chi connectivity index (χ3v) is 25.7. The summed E-state index contributed by atoms with van der Waals surface area (Å²) in [4.78, 5) is 301. The van der Waals surface area contributed by atoms with Crippen LogP contribution in [-0.4, -0.2) is 332 Å². The molecule has 33 N–H and O–H groups in total. The van der Waals surface area contributed by atoms with Crippen molar-refractivity contribution in [1.82, 2.24) is 116 Å². The lowest BCUT2D eigenvalue weighted by atomic mass is 9.84. The number of primary amides is 2. The van der Waals surface area contributed by atoms with Gasteiger partial charge in [-0.2, -0.15) is 12.6 Å². The summed E-state index contributed by atoms with van der Waals surface area (Å²) in [5.74, 6) is -24.7. The van der Waals surface area contributed by atoms with E-state index in [1.54, 1.807) is 120 Å². The van der Waals surface area contributed by atoms with Crippen LogP contribution in [0.5, 0.6) is 0 Å². The lowest BCUT2D eigenvalue weighted by Gasteiger charge is -2.40. The Hall–Kier alpha value is -13.3. The number of imidazole rings is 1. The number of guanidine groups is 1. The molecule has 1 saturated heterocycles. The molecule has 3 rings (SSSR count). The Labute approximate surface area is 873 Å². The monoisotopic (exact) mass is 2120 g/mol. The number of hydrogen-bond acceptors (Lipinski definition) is 29. The standard InChI is InChI=1S/C96H161N27O25S/c1-18-49(8)71(88(141)107-52(11)77(130)113-62(40-55-28-22-21-23-29-55)84(137)116-69(47(4)5)87(140)121-74(53(12)125)91(144)114-64(44-124)85(138)120-73(94(147)148)51(10)20-3)119-89(142)72(50(9)19-2)118-82(135)58(30-24-25-37-97)112-90(143)75(54(13)126)122-92(145)76(96(14,15)16)123(17)93(146)70(48(6)7)117-81(134)59(32-27-39-104-95(100)101)109-86(139)65(45-149)115-83(136)63(41-56-42-102-46-106-56)108-68(129)43-105-78(131)60(33-35-66(98)127)110-80(133)61(34-36-67(99)128)111-79(132)57-31-26-38-103-57/h21-23,28-29,42,46-54,57-65,69-76,103,124-126,149H,18-20,24-27,30-41,43-45,97H2,1-17H3,(H2,98,127)(H2,99,128)(H,102,106)(H,105,131)(H,107,141)(H,108,129)(H,109,139)(H,110,133)(H,111,132)(H,112,143)(H,113,130)(H,114,144)(H,115,136)(H,116,137)(H,117,134)(H,118,135)(H,119,142)(H,120,138)(H,121,140)(H,122,145)(H,147,148)(H4,100,101,104)/t49-,50-,51-,52-,53+,54+,57-,58-,59-,60-,61-,62-,63-,64-,65-,69-,70-,71-,72-,73-,74-,75-,76+/m0/s1. The summed E-state index contributed by atoms with van der Waals surface area (Å²) in [5, 5.41) is 98.3. The van der Waals surface area contributed by atoms with Crippen LogP contribution in [-0.2, 0) is 114 Å². The van der Waals surface area contributed by atoms with Gasteiger partial charge in [0.05, 0.1) is 43.4 Å². The Balaban J connectivity index is 1.91. The third kappa shape index (κ3) is 44.2. The molecule has 1 fully saturated rings. The van der Waals surface area contributed by atoms with Crippen molar-refractivity contribution in [2.75, 3.05) is 45.6 Å². The molecule has 0 bridgehead atoms. The van der Waals surface area contributed by atoms with Crippen molar-refractivity contribution in [3.8, 4) is 0 Å². The number of carbonyl (C=O) groups is 21. The number of nitrogens with two attached hydrogens (primary N) is 4. The number of thiol groups is 1. The number of carboxylic acid groups (broad SMARTS) is 1. The first-order valence-electron chi connectivity index (χ1n) is 50.2. The molecule has 836 valence electrons. The van der Waals surface area contributed by atoms with Gasteiger partial charge in [-0.3, -0.25) is 101 Å². The van der Waals surface area contributed by atoms with E-state index < -0.39 is 318 Å². The third-order valence-electron chi connectivity index (χ3n) is 25.3. The fourth-order valence-electron chi connectivity index (χ4n) is 15.8. The Kier molecular flexibility index (Phi) is 56.5. The number of amides is 20. The fourth-order valence-corrected chi connectivity index (χ4v) is 16.1. The highest BCUT2D eigenvalue weighted by Gasteiger charge is 2.46. The Bertz CT molecular complexity index is 4810. The largest absolute Gasteiger partial charge is 0.480 e. The number of H-pyrrole nitrogens is 1. The first kappa shape index (κ1) is 130. The van der Waals surface area contributed by atoms with E-state index in [2.05, 4.69) is 124 Å². The number of nitrogens with one attached hydrogen (secondary N) is 21. The van der Waals surface area contributed by atoms with Crippen LogP contribution < -0.4 is 124 Å². The van der Waals surface area contributed by atoms with E-state index in [9.17, 15) is 112 Å². The lowest BCUT2D eigenvalue weighted by Crippen LogP contribution is -2.64. The van der Waals surface area contributed by atoms with Crippen LogP contribution in [0, 0.1) is 40.4 Å². The maximum Gasteiger partial charge on any atom is 0.326 e. The highest BCUT2D eigenvalue weighted by molar-refractivity contribution is 7.80. The SMILES string of the molecule is CC[C@H](C)[C@H](NC(=O)[C@H](CO)NC(=O)[C@@H](NC(=O)[C@@H](NC(=O)[C@H](Cc1ccccc1)NC(=O)[C@H](C)NC(=O)[C@@H](NC(=O)[C@@H](NC(=O)[C@H](CCCCN)NC(=O)[C@@H](NC(=O)[C@@H](N(C)C(=O)[C@@H](NC(=O)[C@H](CCCNC(=N)N)NC(=O)[C@H](CS)NC(=O)[C@H](Cc1c[nH]cn1)NC(=O)CNC(=O)[C@H](CCC(N)=O)NC(=O)[C@H](CCC(N)=O)NC(=O)[C@@H]1CCCN1)C(C)C)C(C)(C)C)[C@@H](C)O)[C@@H](C)CC)[C@@H](C)CC)C(C)C)[C@@H](C)O)C(=O)O. The van der Waals surface area contributed by atoms with E-state index in [1.807, 2.05) is 0 Å². The van der Waals surface area contributed by atoms with Crippen LogP contribution in [0.25, 0.3) is 0 Å². The molecule has 1 aliphatic rings. The number of hydrogen-bond donors (Lipinski definition) is 30. The quantitative estimate of drug-likeness (QED) is 0.0127. The molecule has 0 aliphatic carbocycles. The topological polar surface area (TPSA) is 828 Å². The van der Waals surface area contributed by atoms with Crippen LogP contribution >= 0.6 is 12.6 Å². The summed E-state index contributed by atoms with van der Waals surface area (Å²) in [7, 11) is 1.25. The van der Waals surface area contributed by atoms with Crippen LogP contribution in [0.3, 0.4) is 0 Å². The number of aromatic nitrogens is 2. The molecule has 1 aromatic carbocycles. The highest BCUT2D eigenvalue weighted by atomic mass is 32.1. The number of rotatable bonds is 67. The van der Waals surface area contributed by atoms with Crippen LogP contribution in [0.2, 0.25) is 0 Å².